The van der Waals surface area contributed by atoms with Crippen molar-refractivity contribution in [2.45, 2.75) is 48.8 Å². The molecule has 0 saturated carbocycles. The Morgan fingerprint density at radius 1 is 1.17 bits per heavy atom. The van der Waals surface area contributed by atoms with Crippen LogP contribution in [0.15, 0.2) is 0 Å². The summed E-state index contributed by atoms with van der Waals surface area (Å²) >= 11 is 0. The monoisotopic (exact) mass is 342 g/mol. The Kier molecular flexibility index (Phi) is 7.26. The first-order valence-electron chi connectivity index (χ1n) is 6.83. The van der Waals surface area contributed by atoms with Gasteiger partial charge in [0.1, 0.15) is 24.4 Å². The number of aliphatic hydroxyl groups is 7. The van der Waals surface area contributed by atoms with Crippen LogP contribution in [0, 0.1) is 0 Å². The van der Waals surface area contributed by atoms with Crippen molar-refractivity contribution in [3.8, 4) is 0 Å². The predicted octanol–water partition coefficient (Wildman–Crippen LogP) is -4.64. The van der Waals surface area contributed by atoms with Crippen LogP contribution >= 0.6 is 0 Å². The number of rotatable bonds is 8. The molecule has 0 unspecified atom stereocenters. The van der Waals surface area contributed by atoms with Gasteiger partial charge >= 0.3 is 5.97 Å². The Hall–Kier alpha value is -0.890. The standard InChI is InChI=1S/C12H22O11/c13-2-6-7(16)8(17)9(18)10(23-6)22-3-5(15)1-12(21,4-14)11(19)20/h5-10,13-18,21H,1-4H2,(H,19,20)/t5-,6+,7-,8-,9+,10-,12-/m0/s1. The van der Waals surface area contributed by atoms with Crippen LogP contribution in [-0.4, -0.2) is 109 Å². The number of carboxylic acid groups (broad SMARTS) is 1. The predicted molar refractivity (Wildman–Crippen MR) is 70.0 cm³/mol. The maximum atomic E-state index is 10.8. The molecule has 1 aliphatic heterocycles. The van der Waals surface area contributed by atoms with Crippen LogP contribution in [-0.2, 0) is 14.3 Å². The van der Waals surface area contributed by atoms with Crippen LogP contribution in [0.4, 0.5) is 0 Å². The largest absolute Gasteiger partial charge is 0.479 e. The van der Waals surface area contributed by atoms with Gasteiger partial charge in [0.2, 0.25) is 0 Å². The van der Waals surface area contributed by atoms with Gasteiger partial charge in [0.15, 0.2) is 11.9 Å². The third kappa shape index (κ3) is 4.79. The molecule has 1 fully saturated rings. The summed E-state index contributed by atoms with van der Waals surface area (Å²) in [5, 5.41) is 74.7. The maximum absolute atomic E-state index is 10.8. The molecule has 0 spiro atoms. The summed E-state index contributed by atoms with van der Waals surface area (Å²) in [6.07, 6.45) is -9.86. The second kappa shape index (κ2) is 8.28. The molecular weight excluding hydrogens is 320 g/mol. The lowest BCUT2D eigenvalue weighted by molar-refractivity contribution is -0.305. The number of aliphatic hydroxyl groups excluding tert-OH is 6. The molecule has 23 heavy (non-hydrogen) atoms. The number of aliphatic carboxylic acids is 1. The molecule has 1 rings (SSSR count). The molecule has 1 heterocycles. The van der Waals surface area contributed by atoms with Crippen molar-refractivity contribution in [2.24, 2.45) is 0 Å². The summed E-state index contributed by atoms with van der Waals surface area (Å²) in [6.45, 7) is -2.38. The molecule has 1 aliphatic rings. The Bertz CT molecular complexity index is 389. The molecule has 11 heteroatoms. The fraction of sp³-hybridized carbons (Fsp3) is 0.917. The Morgan fingerprint density at radius 2 is 1.78 bits per heavy atom. The van der Waals surface area contributed by atoms with Crippen LogP contribution < -0.4 is 0 Å². The summed E-state index contributed by atoms with van der Waals surface area (Å²) in [4.78, 5) is 10.8. The molecule has 8 N–H and O–H groups in total. The van der Waals surface area contributed by atoms with Gasteiger partial charge in [-0.1, -0.05) is 0 Å². The first-order chi connectivity index (χ1) is 10.7. The molecule has 0 aromatic carbocycles. The number of carboxylic acids is 1. The van der Waals surface area contributed by atoms with Crippen molar-refractivity contribution in [1.29, 1.82) is 0 Å². The van der Waals surface area contributed by atoms with Gasteiger partial charge < -0.3 is 50.3 Å². The van der Waals surface area contributed by atoms with E-state index in [1.165, 1.54) is 0 Å². The second-order valence-electron chi connectivity index (χ2n) is 5.38. The fourth-order valence-electron chi connectivity index (χ4n) is 2.08. The molecule has 0 aromatic rings. The number of carbonyl (C=O) groups is 1. The molecule has 0 aliphatic carbocycles. The van der Waals surface area contributed by atoms with E-state index in [2.05, 4.69) is 0 Å². The van der Waals surface area contributed by atoms with Crippen LogP contribution in [0.5, 0.6) is 0 Å². The normalized spacial score (nSPS) is 35.5. The third-order valence-electron chi connectivity index (χ3n) is 3.53. The molecule has 0 amide bonds. The Morgan fingerprint density at radius 3 is 2.26 bits per heavy atom. The van der Waals surface area contributed by atoms with E-state index in [0.29, 0.717) is 0 Å². The van der Waals surface area contributed by atoms with E-state index in [1.54, 1.807) is 0 Å². The fourth-order valence-corrected chi connectivity index (χ4v) is 2.08. The average Bonchev–Trinajstić information content (AvgIpc) is 2.51. The van der Waals surface area contributed by atoms with E-state index in [-0.39, 0.29) is 0 Å². The molecule has 0 aromatic heterocycles. The summed E-state index contributed by atoms with van der Waals surface area (Å²) < 4.78 is 10.0. The lowest BCUT2D eigenvalue weighted by Gasteiger charge is -2.39. The highest BCUT2D eigenvalue weighted by atomic mass is 16.7. The van der Waals surface area contributed by atoms with Crippen molar-refractivity contribution in [1.82, 2.24) is 0 Å². The maximum Gasteiger partial charge on any atom is 0.338 e. The third-order valence-corrected chi connectivity index (χ3v) is 3.53. The van der Waals surface area contributed by atoms with E-state index in [9.17, 15) is 30.3 Å². The Balaban J connectivity index is 2.58. The topological polar surface area (TPSA) is 197 Å². The van der Waals surface area contributed by atoms with Crippen LogP contribution in [0.1, 0.15) is 6.42 Å². The summed E-state index contributed by atoms with van der Waals surface area (Å²) in [7, 11) is 0. The highest BCUT2D eigenvalue weighted by molar-refractivity contribution is 5.77. The summed E-state index contributed by atoms with van der Waals surface area (Å²) in [5.74, 6) is -1.73. The smallest absolute Gasteiger partial charge is 0.338 e. The van der Waals surface area contributed by atoms with Gasteiger partial charge in [-0.25, -0.2) is 4.79 Å². The van der Waals surface area contributed by atoms with Gasteiger partial charge in [0.25, 0.3) is 0 Å². The molecule has 1 saturated heterocycles. The molecular formula is C12H22O11. The lowest BCUT2D eigenvalue weighted by atomic mass is 9.97. The van der Waals surface area contributed by atoms with E-state index >= 15 is 0 Å². The average molecular weight is 342 g/mol. The molecule has 0 bridgehead atoms. The van der Waals surface area contributed by atoms with Crippen molar-refractivity contribution in [3.63, 3.8) is 0 Å². The van der Waals surface area contributed by atoms with E-state index in [1.807, 2.05) is 0 Å². The summed E-state index contributed by atoms with van der Waals surface area (Å²) in [5.41, 5.74) is -2.56. The van der Waals surface area contributed by atoms with Gasteiger partial charge in [-0.05, 0) is 0 Å². The second-order valence-corrected chi connectivity index (χ2v) is 5.38. The van der Waals surface area contributed by atoms with E-state index in [0.717, 1.165) is 0 Å². The van der Waals surface area contributed by atoms with E-state index in [4.69, 9.17) is 24.8 Å². The Labute approximate surface area is 130 Å². The minimum Gasteiger partial charge on any atom is -0.479 e. The molecule has 0 radical (unpaired) electrons. The number of hydrogen-bond acceptors (Lipinski definition) is 10. The van der Waals surface area contributed by atoms with Gasteiger partial charge in [-0.2, -0.15) is 0 Å². The zero-order valence-corrected chi connectivity index (χ0v) is 12.1. The van der Waals surface area contributed by atoms with Gasteiger partial charge in [-0.3, -0.25) is 0 Å². The minimum absolute atomic E-state index is 0.599. The highest BCUT2D eigenvalue weighted by Crippen LogP contribution is 2.22. The number of hydrogen-bond donors (Lipinski definition) is 8. The first kappa shape index (κ1) is 20.2. The quantitative estimate of drug-likeness (QED) is 0.211. The first-order valence-corrected chi connectivity index (χ1v) is 6.83. The van der Waals surface area contributed by atoms with Crippen LogP contribution in [0.25, 0.3) is 0 Å². The zero-order chi connectivity index (χ0) is 17.8. The van der Waals surface area contributed by atoms with Crippen molar-refractivity contribution >= 4 is 5.97 Å². The van der Waals surface area contributed by atoms with Crippen LogP contribution in [0.2, 0.25) is 0 Å². The van der Waals surface area contributed by atoms with Gasteiger partial charge in [-0.15, -0.1) is 0 Å². The SMILES string of the molecule is O=C(O)[C@@](O)(CO)C[C@H](O)CO[C@H]1O[C@H](CO)[C@H](O)[C@H](O)[C@H]1O. The van der Waals surface area contributed by atoms with Crippen LogP contribution in [0.3, 0.4) is 0 Å². The molecule has 7 atom stereocenters. The van der Waals surface area contributed by atoms with Crippen molar-refractivity contribution < 1.29 is 55.1 Å². The summed E-state index contributed by atoms with van der Waals surface area (Å²) in [6, 6.07) is 0. The van der Waals surface area contributed by atoms with Crippen molar-refractivity contribution in [3.05, 3.63) is 0 Å². The molecule has 11 nitrogen and oxygen atoms in total. The van der Waals surface area contributed by atoms with Crippen molar-refractivity contribution in [2.75, 3.05) is 19.8 Å². The van der Waals surface area contributed by atoms with E-state index < -0.39 is 74.6 Å². The lowest BCUT2D eigenvalue weighted by Crippen LogP contribution is -2.59. The highest BCUT2D eigenvalue weighted by Gasteiger charge is 2.44. The van der Waals surface area contributed by atoms with Gasteiger partial charge in [0, 0.05) is 6.42 Å². The minimum atomic E-state index is -2.56. The molecule has 136 valence electrons. The number of ether oxygens (including phenoxy) is 2. The zero-order valence-electron chi connectivity index (χ0n) is 12.1. The van der Waals surface area contributed by atoms with Gasteiger partial charge in [0.05, 0.1) is 25.9 Å².